The minimum atomic E-state index is -0.613. The number of carbonyl (C=O) groups is 1. The van der Waals surface area contributed by atoms with E-state index in [2.05, 4.69) is 26.2 Å². The van der Waals surface area contributed by atoms with Crippen molar-refractivity contribution in [1.82, 2.24) is 4.98 Å². The molecular formula is C11H18BrCl2N3O2. The molecule has 0 bridgehead atoms. The van der Waals surface area contributed by atoms with Gasteiger partial charge in [0.25, 0.3) is 5.56 Å². The Morgan fingerprint density at radius 3 is 2.63 bits per heavy atom. The van der Waals surface area contributed by atoms with Gasteiger partial charge in [0.05, 0.1) is 6.04 Å². The first-order valence-electron chi connectivity index (χ1n) is 5.40. The molecule has 1 heterocycles. The van der Waals surface area contributed by atoms with Crippen molar-refractivity contribution in [2.75, 3.05) is 5.32 Å². The predicted molar refractivity (Wildman–Crippen MR) is 85.3 cm³/mol. The lowest BCUT2D eigenvalue weighted by Gasteiger charge is -2.17. The topological polar surface area (TPSA) is 88.0 Å². The van der Waals surface area contributed by atoms with Crippen LogP contribution in [0.3, 0.4) is 0 Å². The second-order valence-corrected chi connectivity index (χ2v) is 4.88. The molecule has 2 atom stereocenters. The van der Waals surface area contributed by atoms with Crippen LogP contribution in [0.25, 0.3) is 0 Å². The van der Waals surface area contributed by atoms with Gasteiger partial charge in [0.2, 0.25) is 5.91 Å². The summed E-state index contributed by atoms with van der Waals surface area (Å²) in [5.41, 5.74) is 5.62. The molecule has 1 aromatic heterocycles. The van der Waals surface area contributed by atoms with Crippen LogP contribution < -0.4 is 16.6 Å². The first-order chi connectivity index (χ1) is 7.95. The largest absolute Gasteiger partial charge is 0.326 e. The summed E-state index contributed by atoms with van der Waals surface area (Å²) >= 11 is 3.21. The van der Waals surface area contributed by atoms with Crippen molar-refractivity contribution >= 4 is 52.3 Å². The van der Waals surface area contributed by atoms with Crippen LogP contribution in [0.5, 0.6) is 0 Å². The molecule has 5 nitrogen and oxygen atoms in total. The molecule has 0 saturated carbocycles. The lowest BCUT2D eigenvalue weighted by Crippen LogP contribution is -2.41. The van der Waals surface area contributed by atoms with Crippen molar-refractivity contribution in [2.45, 2.75) is 26.3 Å². The molecule has 0 aromatic carbocycles. The van der Waals surface area contributed by atoms with E-state index in [0.717, 1.165) is 6.42 Å². The maximum absolute atomic E-state index is 11.8. The highest BCUT2D eigenvalue weighted by Gasteiger charge is 2.20. The molecule has 0 spiro atoms. The third kappa shape index (κ3) is 5.95. The summed E-state index contributed by atoms with van der Waals surface area (Å²) in [5.74, 6) is -0.274. The Kier molecular flexibility index (Phi) is 10.2. The molecule has 0 aliphatic rings. The molecule has 1 amide bonds. The molecule has 0 aliphatic carbocycles. The Labute approximate surface area is 132 Å². The van der Waals surface area contributed by atoms with Crippen molar-refractivity contribution in [3.05, 3.63) is 27.1 Å². The van der Waals surface area contributed by atoms with Gasteiger partial charge < -0.3 is 16.0 Å². The van der Waals surface area contributed by atoms with Crippen LogP contribution in [-0.4, -0.2) is 16.9 Å². The number of amides is 1. The summed E-state index contributed by atoms with van der Waals surface area (Å²) in [4.78, 5) is 25.7. The molecule has 8 heteroatoms. The quantitative estimate of drug-likeness (QED) is 0.755. The number of nitrogens with two attached hydrogens (primary N) is 1. The van der Waals surface area contributed by atoms with Gasteiger partial charge in [-0.1, -0.05) is 20.3 Å². The standard InChI is InChI=1S/C11H16BrN3O2.2ClH/c1-3-6(2)9(13)11(17)15-8-4-7(12)5-14-10(8)16;;/h4-6,9H,3,13H2,1-2H3,(H,14,16)(H,15,17);2*1H. The van der Waals surface area contributed by atoms with Gasteiger partial charge in [0, 0.05) is 10.7 Å². The van der Waals surface area contributed by atoms with E-state index in [0.29, 0.717) is 4.47 Å². The van der Waals surface area contributed by atoms with E-state index in [4.69, 9.17) is 5.73 Å². The van der Waals surface area contributed by atoms with E-state index >= 15 is 0 Å². The summed E-state index contributed by atoms with van der Waals surface area (Å²) in [6.45, 7) is 3.86. The number of H-pyrrole nitrogens is 1. The van der Waals surface area contributed by atoms with E-state index in [9.17, 15) is 9.59 Å². The van der Waals surface area contributed by atoms with E-state index in [-0.39, 0.29) is 47.9 Å². The number of hydrogen-bond acceptors (Lipinski definition) is 3. The smallest absolute Gasteiger partial charge is 0.271 e. The highest BCUT2D eigenvalue weighted by atomic mass is 79.9. The van der Waals surface area contributed by atoms with Crippen molar-refractivity contribution in [1.29, 1.82) is 0 Å². The van der Waals surface area contributed by atoms with Crippen LogP contribution in [0.15, 0.2) is 21.5 Å². The van der Waals surface area contributed by atoms with E-state index < -0.39 is 6.04 Å². The van der Waals surface area contributed by atoms with Gasteiger partial charge in [-0.25, -0.2) is 0 Å². The predicted octanol–water partition coefficient (Wildman–Crippen LogP) is 2.29. The number of aromatic nitrogens is 1. The molecule has 19 heavy (non-hydrogen) atoms. The lowest BCUT2D eigenvalue weighted by molar-refractivity contribution is -0.118. The number of nitrogens with one attached hydrogen (secondary N) is 2. The SMILES string of the molecule is CCC(C)C(N)C(=O)Nc1cc(Br)c[nH]c1=O.Cl.Cl. The van der Waals surface area contributed by atoms with Gasteiger partial charge in [-0.3, -0.25) is 9.59 Å². The molecule has 0 saturated heterocycles. The fourth-order valence-electron chi connectivity index (χ4n) is 1.28. The summed E-state index contributed by atoms with van der Waals surface area (Å²) in [6.07, 6.45) is 2.32. The number of halogens is 3. The molecule has 0 fully saturated rings. The minimum absolute atomic E-state index is 0. The summed E-state index contributed by atoms with van der Waals surface area (Å²) in [6, 6.07) is 0.929. The third-order valence-electron chi connectivity index (χ3n) is 2.69. The van der Waals surface area contributed by atoms with Gasteiger partial charge >= 0.3 is 0 Å². The van der Waals surface area contributed by atoms with Crippen molar-refractivity contribution in [2.24, 2.45) is 11.7 Å². The highest BCUT2D eigenvalue weighted by Crippen LogP contribution is 2.12. The molecule has 2 unspecified atom stereocenters. The van der Waals surface area contributed by atoms with Crippen LogP contribution in [-0.2, 0) is 4.79 Å². The first-order valence-corrected chi connectivity index (χ1v) is 6.19. The van der Waals surface area contributed by atoms with E-state index in [1.807, 2.05) is 13.8 Å². The molecule has 1 rings (SSSR count). The Morgan fingerprint density at radius 1 is 1.53 bits per heavy atom. The Hall–Kier alpha value is -0.560. The van der Waals surface area contributed by atoms with Crippen molar-refractivity contribution < 1.29 is 4.79 Å². The minimum Gasteiger partial charge on any atom is -0.326 e. The number of pyridine rings is 1. The van der Waals surface area contributed by atoms with Gasteiger partial charge in [-0.2, -0.15) is 0 Å². The van der Waals surface area contributed by atoms with Crippen LogP contribution >= 0.6 is 40.7 Å². The fourth-order valence-corrected chi connectivity index (χ4v) is 1.62. The van der Waals surface area contributed by atoms with E-state index in [1.165, 1.54) is 6.20 Å². The average molecular weight is 375 g/mol. The van der Waals surface area contributed by atoms with Crippen LogP contribution in [0.2, 0.25) is 0 Å². The Bertz CT molecular complexity index is 467. The lowest BCUT2D eigenvalue weighted by atomic mass is 9.99. The molecule has 1 aromatic rings. The van der Waals surface area contributed by atoms with Gasteiger partial charge in [0.15, 0.2) is 0 Å². The fraction of sp³-hybridized carbons (Fsp3) is 0.455. The second kappa shape index (κ2) is 9.36. The molecular weight excluding hydrogens is 357 g/mol. The summed E-state index contributed by atoms with van der Waals surface area (Å²) in [5, 5.41) is 2.53. The zero-order valence-electron chi connectivity index (χ0n) is 10.6. The zero-order chi connectivity index (χ0) is 13.0. The number of anilines is 1. The number of hydrogen-bond donors (Lipinski definition) is 3. The molecule has 0 aliphatic heterocycles. The Morgan fingerprint density at radius 2 is 2.11 bits per heavy atom. The van der Waals surface area contributed by atoms with Crippen LogP contribution in [0, 0.1) is 5.92 Å². The number of carbonyl (C=O) groups excluding carboxylic acids is 1. The molecule has 110 valence electrons. The average Bonchev–Trinajstić information content (AvgIpc) is 2.31. The highest BCUT2D eigenvalue weighted by molar-refractivity contribution is 9.10. The molecule has 4 N–H and O–H groups in total. The number of aromatic amines is 1. The Balaban J connectivity index is 0. The monoisotopic (exact) mass is 373 g/mol. The van der Waals surface area contributed by atoms with Crippen molar-refractivity contribution in [3.63, 3.8) is 0 Å². The third-order valence-corrected chi connectivity index (χ3v) is 3.14. The van der Waals surface area contributed by atoms with Crippen LogP contribution in [0.4, 0.5) is 5.69 Å². The normalized spacial score (nSPS) is 12.6. The first kappa shape index (κ1) is 20.8. The molecule has 0 radical (unpaired) electrons. The van der Waals surface area contributed by atoms with Gasteiger partial charge in [-0.05, 0) is 27.9 Å². The van der Waals surface area contributed by atoms with Crippen molar-refractivity contribution in [3.8, 4) is 0 Å². The maximum atomic E-state index is 11.8. The maximum Gasteiger partial charge on any atom is 0.271 e. The summed E-state index contributed by atoms with van der Waals surface area (Å²) in [7, 11) is 0. The summed E-state index contributed by atoms with van der Waals surface area (Å²) < 4.78 is 0.685. The zero-order valence-corrected chi connectivity index (χ0v) is 13.8. The van der Waals surface area contributed by atoms with Gasteiger partial charge in [-0.15, -0.1) is 24.8 Å². The second-order valence-electron chi connectivity index (χ2n) is 3.96. The van der Waals surface area contributed by atoms with Gasteiger partial charge in [0.1, 0.15) is 5.69 Å². The van der Waals surface area contributed by atoms with Crippen LogP contribution in [0.1, 0.15) is 20.3 Å². The number of rotatable bonds is 4. The van der Waals surface area contributed by atoms with E-state index in [1.54, 1.807) is 6.07 Å².